The number of hydrogen-bond donors (Lipinski definition) is 0. The molecule has 1 aliphatic carbocycles. The number of benzene rings is 7. The lowest BCUT2D eigenvalue weighted by molar-refractivity contribution is 0.720. The largest absolute Gasteiger partial charge is 0.309 e. The van der Waals surface area contributed by atoms with E-state index in [9.17, 15) is 0 Å². The van der Waals surface area contributed by atoms with Crippen molar-refractivity contribution in [1.82, 2.24) is 14.5 Å². The molecule has 9 aromatic rings. The fourth-order valence-electron chi connectivity index (χ4n) is 8.77. The van der Waals surface area contributed by atoms with Crippen LogP contribution in [0.15, 0.2) is 176 Å². The standard InChI is InChI=1S/C47H29N3/c1-3-14-30(15-4-1)31-26-28-32(29-27-31)43-42-36-19-7-9-21-37(36)47(45(42)49-46(48-43)33-16-5-2-6-17-33)38-22-10-12-25-41(38)50-40-24-11-8-18-34(40)35-20-13-23-39(47)44(35)50/h1-29H. The van der Waals surface area contributed by atoms with Crippen molar-refractivity contribution in [3.05, 3.63) is 198 Å². The molecule has 7 aromatic carbocycles. The van der Waals surface area contributed by atoms with Crippen molar-refractivity contribution < 1.29 is 0 Å². The van der Waals surface area contributed by atoms with Crippen LogP contribution in [-0.4, -0.2) is 14.5 Å². The first-order valence-electron chi connectivity index (χ1n) is 17.2. The van der Waals surface area contributed by atoms with Crippen LogP contribution in [-0.2, 0) is 5.41 Å². The van der Waals surface area contributed by atoms with Gasteiger partial charge in [0.05, 0.1) is 33.5 Å². The summed E-state index contributed by atoms with van der Waals surface area (Å²) in [4.78, 5) is 11.1. The van der Waals surface area contributed by atoms with Gasteiger partial charge >= 0.3 is 0 Å². The van der Waals surface area contributed by atoms with E-state index < -0.39 is 5.41 Å². The van der Waals surface area contributed by atoms with Crippen LogP contribution in [0, 0.1) is 0 Å². The lowest BCUT2D eigenvalue weighted by atomic mass is 9.67. The van der Waals surface area contributed by atoms with Crippen molar-refractivity contribution in [1.29, 1.82) is 0 Å². The Balaban J connectivity index is 1.29. The van der Waals surface area contributed by atoms with Gasteiger partial charge in [-0.1, -0.05) is 164 Å². The van der Waals surface area contributed by atoms with Crippen molar-refractivity contribution in [2.75, 3.05) is 0 Å². The Labute approximate surface area is 289 Å². The Morgan fingerprint density at radius 2 is 1.02 bits per heavy atom. The molecule has 50 heavy (non-hydrogen) atoms. The van der Waals surface area contributed by atoms with E-state index in [1.807, 2.05) is 6.07 Å². The molecule has 0 N–H and O–H groups in total. The van der Waals surface area contributed by atoms with E-state index in [0.717, 1.165) is 33.9 Å². The number of hydrogen-bond acceptors (Lipinski definition) is 2. The van der Waals surface area contributed by atoms with Gasteiger partial charge in [0, 0.05) is 27.5 Å². The first kappa shape index (κ1) is 27.4. The first-order valence-corrected chi connectivity index (χ1v) is 17.2. The second-order valence-electron chi connectivity index (χ2n) is 13.3. The van der Waals surface area contributed by atoms with Gasteiger partial charge in [0.1, 0.15) is 0 Å². The van der Waals surface area contributed by atoms with Crippen LogP contribution >= 0.6 is 0 Å². The molecular formula is C47H29N3. The highest BCUT2D eigenvalue weighted by Gasteiger charge is 2.53. The van der Waals surface area contributed by atoms with Gasteiger partial charge in [-0.05, 0) is 45.5 Å². The molecule has 0 fully saturated rings. The summed E-state index contributed by atoms with van der Waals surface area (Å²) in [5, 5.41) is 2.52. The Hall–Kier alpha value is -6.58. The van der Waals surface area contributed by atoms with E-state index in [-0.39, 0.29) is 0 Å². The molecule has 3 nitrogen and oxygen atoms in total. The SMILES string of the molecule is c1ccc(-c2ccc(-c3nc(-c4ccccc4)nc4c3-c3ccccc3C43c4ccccc4-n4c5ccccc5c5cccc3c54)cc2)cc1. The smallest absolute Gasteiger partial charge is 0.160 e. The fraction of sp³-hybridized carbons (Fsp3) is 0.0213. The third-order valence-electron chi connectivity index (χ3n) is 10.8. The molecule has 0 saturated carbocycles. The summed E-state index contributed by atoms with van der Waals surface area (Å²) in [6.07, 6.45) is 0. The number of nitrogens with zero attached hydrogens (tertiary/aromatic N) is 3. The zero-order chi connectivity index (χ0) is 32.8. The molecular weight excluding hydrogens is 607 g/mol. The van der Waals surface area contributed by atoms with Crippen LogP contribution in [0.1, 0.15) is 22.4 Å². The van der Waals surface area contributed by atoms with Crippen LogP contribution in [0.4, 0.5) is 0 Å². The summed E-state index contributed by atoms with van der Waals surface area (Å²) in [6, 6.07) is 63.3. The van der Waals surface area contributed by atoms with E-state index in [1.165, 1.54) is 60.9 Å². The third kappa shape index (κ3) is 3.53. The summed E-state index contributed by atoms with van der Waals surface area (Å²) < 4.78 is 2.48. The molecule has 1 atom stereocenters. The summed E-state index contributed by atoms with van der Waals surface area (Å²) >= 11 is 0. The van der Waals surface area contributed by atoms with Crippen LogP contribution in [0.25, 0.3) is 72.4 Å². The van der Waals surface area contributed by atoms with Crippen molar-refractivity contribution in [2.24, 2.45) is 0 Å². The van der Waals surface area contributed by atoms with E-state index in [2.05, 4.69) is 174 Å². The number of fused-ring (bicyclic) bond motifs is 12. The zero-order valence-corrected chi connectivity index (χ0v) is 27.1. The summed E-state index contributed by atoms with van der Waals surface area (Å²) in [6.45, 7) is 0. The highest BCUT2D eigenvalue weighted by molar-refractivity contribution is 6.13. The van der Waals surface area contributed by atoms with Crippen LogP contribution in [0.2, 0.25) is 0 Å². The molecule has 232 valence electrons. The quantitative estimate of drug-likeness (QED) is 0.193. The highest BCUT2D eigenvalue weighted by Crippen LogP contribution is 2.61. The van der Waals surface area contributed by atoms with E-state index >= 15 is 0 Å². The summed E-state index contributed by atoms with van der Waals surface area (Å²) in [7, 11) is 0. The minimum atomic E-state index is -0.655. The molecule has 1 unspecified atom stereocenters. The van der Waals surface area contributed by atoms with Crippen LogP contribution < -0.4 is 0 Å². The van der Waals surface area contributed by atoms with Crippen molar-refractivity contribution in [3.8, 4) is 50.6 Å². The average molecular weight is 636 g/mol. The Morgan fingerprint density at radius 3 is 1.84 bits per heavy atom. The molecule has 3 heterocycles. The van der Waals surface area contributed by atoms with Crippen LogP contribution in [0.3, 0.4) is 0 Å². The number of para-hydroxylation sites is 3. The zero-order valence-electron chi connectivity index (χ0n) is 27.1. The maximum atomic E-state index is 5.66. The van der Waals surface area contributed by atoms with Gasteiger partial charge in [0.2, 0.25) is 0 Å². The van der Waals surface area contributed by atoms with Gasteiger partial charge in [-0.3, -0.25) is 0 Å². The molecule has 0 bridgehead atoms. The lowest BCUT2D eigenvalue weighted by Gasteiger charge is -2.38. The average Bonchev–Trinajstić information content (AvgIpc) is 3.69. The van der Waals surface area contributed by atoms with Gasteiger partial charge < -0.3 is 4.57 Å². The summed E-state index contributed by atoms with van der Waals surface area (Å²) in [5.74, 6) is 0.731. The molecule has 1 aliphatic heterocycles. The van der Waals surface area contributed by atoms with E-state index in [0.29, 0.717) is 0 Å². The maximum Gasteiger partial charge on any atom is 0.160 e. The fourth-order valence-corrected chi connectivity index (χ4v) is 8.77. The minimum absolute atomic E-state index is 0.655. The molecule has 0 saturated heterocycles. The van der Waals surface area contributed by atoms with Crippen LogP contribution in [0.5, 0.6) is 0 Å². The highest BCUT2D eigenvalue weighted by atomic mass is 15.0. The molecule has 2 aromatic heterocycles. The number of rotatable bonds is 3. The minimum Gasteiger partial charge on any atom is -0.309 e. The first-order chi connectivity index (χ1) is 24.8. The van der Waals surface area contributed by atoms with Gasteiger partial charge in [-0.2, -0.15) is 0 Å². The molecule has 11 rings (SSSR count). The van der Waals surface area contributed by atoms with Crippen molar-refractivity contribution in [2.45, 2.75) is 5.41 Å². The normalized spacial score (nSPS) is 15.3. The summed E-state index contributed by atoms with van der Waals surface area (Å²) in [5.41, 5.74) is 15.4. The topological polar surface area (TPSA) is 30.7 Å². The van der Waals surface area contributed by atoms with Gasteiger partial charge in [-0.15, -0.1) is 0 Å². The second-order valence-corrected chi connectivity index (χ2v) is 13.3. The molecule has 2 aliphatic rings. The van der Waals surface area contributed by atoms with Gasteiger partial charge in [-0.25, -0.2) is 9.97 Å². The maximum absolute atomic E-state index is 5.66. The van der Waals surface area contributed by atoms with Crippen molar-refractivity contribution in [3.63, 3.8) is 0 Å². The van der Waals surface area contributed by atoms with Crippen molar-refractivity contribution >= 4 is 21.8 Å². The second kappa shape index (κ2) is 10.2. The molecule has 3 heteroatoms. The molecule has 1 spiro atoms. The third-order valence-corrected chi connectivity index (χ3v) is 10.8. The van der Waals surface area contributed by atoms with Gasteiger partial charge in [0.25, 0.3) is 0 Å². The predicted molar refractivity (Wildman–Crippen MR) is 204 cm³/mol. The lowest BCUT2D eigenvalue weighted by Crippen LogP contribution is -2.34. The van der Waals surface area contributed by atoms with Gasteiger partial charge in [0.15, 0.2) is 5.82 Å². The van der Waals surface area contributed by atoms with E-state index in [4.69, 9.17) is 9.97 Å². The predicted octanol–water partition coefficient (Wildman–Crippen LogP) is 11.3. The Kier molecular flexibility index (Phi) is 5.59. The Morgan fingerprint density at radius 1 is 0.420 bits per heavy atom. The Bertz CT molecular complexity index is 2800. The number of aromatic nitrogens is 3. The molecule has 0 amide bonds. The van der Waals surface area contributed by atoms with E-state index in [1.54, 1.807) is 0 Å². The molecule has 0 radical (unpaired) electrons. The monoisotopic (exact) mass is 635 g/mol.